The first-order valence-electron chi connectivity index (χ1n) is 8.18. The summed E-state index contributed by atoms with van der Waals surface area (Å²) < 4.78 is 16.1. The van der Waals surface area contributed by atoms with Crippen LogP contribution < -0.4 is 19.7 Å². The van der Waals surface area contributed by atoms with Crippen LogP contribution in [0.4, 0.5) is 11.4 Å². The molecule has 0 aliphatic carbocycles. The van der Waals surface area contributed by atoms with E-state index in [0.717, 1.165) is 24.5 Å². The number of carbonyl (C=O) groups excluding carboxylic acids is 1. The Bertz CT molecular complexity index is 720. The summed E-state index contributed by atoms with van der Waals surface area (Å²) in [5.74, 6) is 0.677. The van der Waals surface area contributed by atoms with Gasteiger partial charge in [0.25, 0.3) is 5.91 Å². The fraction of sp³-hybridized carbons (Fsp3) is 0.316. The van der Waals surface area contributed by atoms with E-state index < -0.39 is 0 Å². The third-order valence-corrected chi connectivity index (χ3v) is 4.16. The highest BCUT2D eigenvalue weighted by atomic mass is 16.5. The Hall–Kier alpha value is -2.73. The summed E-state index contributed by atoms with van der Waals surface area (Å²) in [4.78, 5) is 15.1. The van der Waals surface area contributed by atoms with Crippen molar-refractivity contribution in [2.24, 2.45) is 0 Å². The number of carbonyl (C=O) groups is 1. The van der Waals surface area contributed by atoms with E-state index in [4.69, 9.17) is 14.2 Å². The molecule has 1 saturated heterocycles. The molecule has 132 valence electrons. The van der Waals surface area contributed by atoms with E-state index in [0.29, 0.717) is 30.3 Å². The van der Waals surface area contributed by atoms with Gasteiger partial charge < -0.3 is 24.4 Å². The molecule has 1 aliphatic heterocycles. The summed E-state index contributed by atoms with van der Waals surface area (Å²) in [6, 6.07) is 13.0. The molecule has 0 aromatic heterocycles. The maximum Gasteiger partial charge on any atom is 0.263 e. The van der Waals surface area contributed by atoms with Gasteiger partial charge >= 0.3 is 0 Å². The van der Waals surface area contributed by atoms with Crippen LogP contribution in [0.25, 0.3) is 0 Å². The molecule has 1 heterocycles. The first-order valence-corrected chi connectivity index (χ1v) is 8.18. The van der Waals surface area contributed by atoms with Crippen LogP contribution in [0.15, 0.2) is 42.5 Å². The molecule has 1 fully saturated rings. The Kier molecular flexibility index (Phi) is 5.40. The fourth-order valence-corrected chi connectivity index (χ4v) is 2.92. The zero-order valence-electron chi connectivity index (χ0n) is 14.5. The van der Waals surface area contributed by atoms with Crippen LogP contribution in [0, 0.1) is 0 Å². The van der Waals surface area contributed by atoms with Gasteiger partial charge in [0.2, 0.25) is 0 Å². The lowest BCUT2D eigenvalue weighted by molar-refractivity contribution is 0.102. The molecule has 6 nitrogen and oxygen atoms in total. The molecule has 0 atom stereocenters. The Morgan fingerprint density at radius 3 is 2.28 bits per heavy atom. The van der Waals surface area contributed by atoms with Gasteiger partial charge in [-0.25, -0.2) is 0 Å². The van der Waals surface area contributed by atoms with Crippen molar-refractivity contribution in [3.63, 3.8) is 0 Å². The number of hydrogen-bond donors (Lipinski definition) is 1. The van der Waals surface area contributed by atoms with Crippen molar-refractivity contribution in [2.75, 3.05) is 50.7 Å². The van der Waals surface area contributed by atoms with E-state index in [9.17, 15) is 4.79 Å². The molecule has 25 heavy (non-hydrogen) atoms. The molecule has 0 saturated carbocycles. The SMILES string of the molecule is COc1cccc(OC)c1C(=O)Nc1ccccc1N1CCOCC1. The molecule has 1 N–H and O–H groups in total. The normalized spacial score (nSPS) is 14.1. The van der Waals surface area contributed by atoms with Gasteiger partial charge in [0.15, 0.2) is 0 Å². The lowest BCUT2D eigenvalue weighted by Crippen LogP contribution is -2.36. The number of amides is 1. The van der Waals surface area contributed by atoms with Crippen molar-refractivity contribution >= 4 is 17.3 Å². The Labute approximate surface area is 147 Å². The highest BCUT2D eigenvalue weighted by Crippen LogP contribution is 2.31. The van der Waals surface area contributed by atoms with Crippen molar-refractivity contribution < 1.29 is 19.0 Å². The summed E-state index contributed by atoms with van der Waals surface area (Å²) in [6.07, 6.45) is 0. The monoisotopic (exact) mass is 342 g/mol. The zero-order chi connectivity index (χ0) is 17.6. The molecule has 0 radical (unpaired) electrons. The van der Waals surface area contributed by atoms with Crippen LogP contribution in [0.2, 0.25) is 0 Å². The van der Waals surface area contributed by atoms with Crippen LogP contribution in [0.1, 0.15) is 10.4 Å². The van der Waals surface area contributed by atoms with Crippen LogP contribution in [-0.2, 0) is 4.74 Å². The topological polar surface area (TPSA) is 60.0 Å². The van der Waals surface area contributed by atoms with E-state index in [1.54, 1.807) is 18.2 Å². The lowest BCUT2D eigenvalue weighted by atomic mass is 10.1. The Morgan fingerprint density at radius 1 is 1.00 bits per heavy atom. The summed E-state index contributed by atoms with van der Waals surface area (Å²) in [7, 11) is 3.07. The van der Waals surface area contributed by atoms with Crippen LogP contribution in [-0.4, -0.2) is 46.4 Å². The van der Waals surface area contributed by atoms with E-state index in [-0.39, 0.29) is 5.91 Å². The number of nitrogens with one attached hydrogen (secondary N) is 1. The van der Waals surface area contributed by atoms with Gasteiger partial charge in [-0.2, -0.15) is 0 Å². The third-order valence-electron chi connectivity index (χ3n) is 4.16. The van der Waals surface area contributed by atoms with Gasteiger partial charge in [0.05, 0.1) is 38.8 Å². The summed E-state index contributed by atoms with van der Waals surface area (Å²) >= 11 is 0. The number of nitrogens with zero attached hydrogens (tertiary/aromatic N) is 1. The first-order chi connectivity index (χ1) is 12.2. The number of ether oxygens (including phenoxy) is 3. The number of rotatable bonds is 5. The van der Waals surface area contributed by atoms with E-state index >= 15 is 0 Å². The van der Waals surface area contributed by atoms with Gasteiger partial charge in [0, 0.05) is 13.1 Å². The van der Waals surface area contributed by atoms with Crippen molar-refractivity contribution in [3.05, 3.63) is 48.0 Å². The van der Waals surface area contributed by atoms with E-state index in [1.165, 1.54) is 14.2 Å². The molecule has 0 spiro atoms. The minimum atomic E-state index is -0.269. The molecule has 1 aliphatic rings. The third kappa shape index (κ3) is 3.69. The largest absolute Gasteiger partial charge is 0.496 e. The molecule has 0 bridgehead atoms. The molecule has 2 aromatic rings. The smallest absolute Gasteiger partial charge is 0.263 e. The first kappa shape index (κ1) is 17.1. The van der Waals surface area contributed by atoms with Crippen LogP contribution >= 0.6 is 0 Å². The number of para-hydroxylation sites is 2. The van der Waals surface area contributed by atoms with Gasteiger partial charge in [-0.05, 0) is 24.3 Å². The van der Waals surface area contributed by atoms with Crippen molar-refractivity contribution in [2.45, 2.75) is 0 Å². The quantitative estimate of drug-likeness (QED) is 0.905. The molecule has 3 rings (SSSR count). The van der Waals surface area contributed by atoms with E-state index in [1.807, 2.05) is 24.3 Å². The van der Waals surface area contributed by atoms with Gasteiger partial charge in [0.1, 0.15) is 17.1 Å². The van der Waals surface area contributed by atoms with Crippen molar-refractivity contribution in [1.82, 2.24) is 0 Å². The second-order valence-electron chi connectivity index (χ2n) is 5.61. The van der Waals surface area contributed by atoms with E-state index in [2.05, 4.69) is 10.2 Å². The minimum absolute atomic E-state index is 0.269. The molecular formula is C19H22N2O4. The van der Waals surface area contributed by atoms with Gasteiger partial charge in [-0.3, -0.25) is 4.79 Å². The maximum atomic E-state index is 12.9. The number of morpholine rings is 1. The van der Waals surface area contributed by atoms with Crippen molar-refractivity contribution in [3.8, 4) is 11.5 Å². The standard InChI is InChI=1S/C19H22N2O4/c1-23-16-8-5-9-17(24-2)18(16)19(22)20-14-6-3-4-7-15(14)21-10-12-25-13-11-21/h3-9H,10-13H2,1-2H3,(H,20,22). The minimum Gasteiger partial charge on any atom is -0.496 e. The predicted octanol–water partition coefficient (Wildman–Crippen LogP) is 2.79. The fourth-order valence-electron chi connectivity index (χ4n) is 2.92. The summed E-state index contributed by atoms with van der Waals surface area (Å²) in [5, 5.41) is 2.99. The summed E-state index contributed by atoms with van der Waals surface area (Å²) in [5.41, 5.74) is 2.11. The van der Waals surface area contributed by atoms with Gasteiger partial charge in [-0.15, -0.1) is 0 Å². The predicted molar refractivity (Wildman–Crippen MR) is 97.0 cm³/mol. The summed E-state index contributed by atoms with van der Waals surface area (Å²) in [6.45, 7) is 2.96. The Balaban J connectivity index is 1.89. The number of hydrogen-bond acceptors (Lipinski definition) is 5. The van der Waals surface area contributed by atoms with Crippen LogP contribution in [0.5, 0.6) is 11.5 Å². The second kappa shape index (κ2) is 7.90. The highest BCUT2D eigenvalue weighted by molar-refractivity contribution is 6.09. The number of benzene rings is 2. The molecule has 2 aromatic carbocycles. The highest BCUT2D eigenvalue weighted by Gasteiger charge is 2.21. The van der Waals surface area contributed by atoms with Crippen molar-refractivity contribution in [1.29, 1.82) is 0 Å². The Morgan fingerprint density at radius 2 is 1.64 bits per heavy atom. The van der Waals surface area contributed by atoms with Gasteiger partial charge in [-0.1, -0.05) is 18.2 Å². The van der Waals surface area contributed by atoms with Crippen LogP contribution in [0.3, 0.4) is 0 Å². The number of methoxy groups -OCH3 is 2. The molecule has 6 heteroatoms. The molecule has 1 amide bonds. The average molecular weight is 342 g/mol. The second-order valence-corrected chi connectivity index (χ2v) is 5.61. The number of anilines is 2. The molecule has 0 unspecified atom stereocenters. The molecular weight excluding hydrogens is 320 g/mol. The zero-order valence-corrected chi connectivity index (χ0v) is 14.5. The average Bonchev–Trinajstić information content (AvgIpc) is 2.68. The maximum absolute atomic E-state index is 12.9. The lowest BCUT2D eigenvalue weighted by Gasteiger charge is -2.30.